The number of carboxylic acids is 1. The summed E-state index contributed by atoms with van der Waals surface area (Å²) >= 11 is 0. The third-order valence-corrected chi connectivity index (χ3v) is 3.97. The lowest BCUT2D eigenvalue weighted by Gasteiger charge is -2.44. The van der Waals surface area contributed by atoms with Crippen molar-refractivity contribution in [2.24, 2.45) is 5.92 Å². The van der Waals surface area contributed by atoms with Crippen molar-refractivity contribution < 1.29 is 9.90 Å². The Labute approximate surface area is 108 Å². The zero-order valence-electron chi connectivity index (χ0n) is 11.1. The number of hydrogen-bond acceptors (Lipinski definition) is 2. The number of piperidine rings is 1. The van der Waals surface area contributed by atoms with Gasteiger partial charge in [-0.05, 0) is 32.3 Å². The second kappa shape index (κ2) is 5.11. The van der Waals surface area contributed by atoms with Gasteiger partial charge in [-0.25, -0.2) is 0 Å². The van der Waals surface area contributed by atoms with Crippen LogP contribution in [0.5, 0.6) is 0 Å². The molecule has 0 saturated carbocycles. The van der Waals surface area contributed by atoms with E-state index in [-0.39, 0.29) is 11.5 Å². The summed E-state index contributed by atoms with van der Waals surface area (Å²) in [6, 6.07) is 10.3. The van der Waals surface area contributed by atoms with E-state index in [0.29, 0.717) is 6.54 Å². The van der Waals surface area contributed by atoms with Crippen molar-refractivity contribution >= 4 is 5.97 Å². The number of aliphatic carboxylic acids is 1. The van der Waals surface area contributed by atoms with Crippen molar-refractivity contribution in [3.8, 4) is 0 Å². The van der Waals surface area contributed by atoms with Crippen LogP contribution in [0, 0.1) is 5.92 Å². The molecule has 1 aliphatic heterocycles. The van der Waals surface area contributed by atoms with E-state index < -0.39 is 5.97 Å². The lowest BCUT2D eigenvalue weighted by Crippen LogP contribution is -2.51. The summed E-state index contributed by atoms with van der Waals surface area (Å²) in [6.45, 7) is 5.89. The van der Waals surface area contributed by atoms with E-state index in [1.165, 1.54) is 5.56 Å². The van der Waals surface area contributed by atoms with Crippen molar-refractivity contribution in [1.29, 1.82) is 0 Å². The first-order valence-electron chi connectivity index (χ1n) is 6.51. The molecule has 0 aliphatic carbocycles. The fraction of sp³-hybridized carbons (Fsp3) is 0.533. The van der Waals surface area contributed by atoms with Crippen LogP contribution >= 0.6 is 0 Å². The number of rotatable bonds is 3. The molecule has 0 amide bonds. The maximum Gasteiger partial charge on any atom is 0.307 e. The first-order chi connectivity index (χ1) is 8.49. The van der Waals surface area contributed by atoms with Gasteiger partial charge in [0.25, 0.3) is 0 Å². The minimum Gasteiger partial charge on any atom is -0.481 e. The zero-order valence-corrected chi connectivity index (χ0v) is 11.1. The molecule has 0 unspecified atom stereocenters. The van der Waals surface area contributed by atoms with Crippen molar-refractivity contribution in [3.63, 3.8) is 0 Å². The lowest BCUT2D eigenvalue weighted by molar-refractivity contribution is -0.145. The maximum absolute atomic E-state index is 11.1. The van der Waals surface area contributed by atoms with Crippen LogP contribution in [0.25, 0.3) is 0 Å². The van der Waals surface area contributed by atoms with Crippen molar-refractivity contribution in [2.45, 2.75) is 38.8 Å². The molecule has 3 heteroatoms. The average Bonchev–Trinajstić information content (AvgIpc) is 2.33. The molecule has 18 heavy (non-hydrogen) atoms. The lowest BCUT2D eigenvalue weighted by atomic mass is 9.84. The summed E-state index contributed by atoms with van der Waals surface area (Å²) in [5, 5.41) is 9.17. The van der Waals surface area contributed by atoms with Crippen molar-refractivity contribution in [2.75, 3.05) is 6.54 Å². The van der Waals surface area contributed by atoms with E-state index in [0.717, 1.165) is 19.4 Å². The van der Waals surface area contributed by atoms with Gasteiger partial charge in [0.1, 0.15) is 0 Å². The van der Waals surface area contributed by atoms with E-state index >= 15 is 0 Å². The second-order valence-corrected chi connectivity index (χ2v) is 5.75. The van der Waals surface area contributed by atoms with Gasteiger partial charge in [0.2, 0.25) is 0 Å². The van der Waals surface area contributed by atoms with Gasteiger partial charge in [-0.15, -0.1) is 0 Å². The summed E-state index contributed by atoms with van der Waals surface area (Å²) in [7, 11) is 0. The quantitative estimate of drug-likeness (QED) is 0.893. The van der Waals surface area contributed by atoms with Crippen LogP contribution in [0.3, 0.4) is 0 Å². The summed E-state index contributed by atoms with van der Waals surface area (Å²) < 4.78 is 0. The molecule has 1 fully saturated rings. The first-order valence-corrected chi connectivity index (χ1v) is 6.51. The third-order valence-electron chi connectivity index (χ3n) is 3.97. The Balaban J connectivity index is 2.10. The van der Waals surface area contributed by atoms with Gasteiger partial charge in [0, 0.05) is 18.6 Å². The van der Waals surface area contributed by atoms with Crippen LogP contribution in [0.4, 0.5) is 0 Å². The van der Waals surface area contributed by atoms with Gasteiger partial charge in [0.05, 0.1) is 5.92 Å². The fourth-order valence-corrected chi connectivity index (χ4v) is 2.57. The van der Waals surface area contributed by atoms with Crippen LogP contribution in [0.2, 0.25) is 0 Å². The molecule has 1 aromatic carbocycles. The highest BCUT2D eigenvalue weighted by Crippen LogP contribution is 2.31. The molecule has 0 radical (unpaired) electrons. The number of carboxylic acid groups (broad SMARTS) is 1. The highest BCUT2D eigenvalue weighted by atomic mass is 16.4. The van der Waals surface area contributed by atoms with Gasteiger partial charge in [-0.3, -0.25) is 9.69 Å². The van der Waals surface area contributed by atoms with E-state index in [2.05, 4.69) is 30.9 Å². The van der Waals surface area contributed by atoms with Crippen LogP contribution in [0.15, 0.2) is 30.3 Å². The average molecular weight is 247 g/mol. The summed E-state index contributed by atoms with van der Waals surface area (Å²) in [5.41, 5.74) is 1.33. The van der Waals surface area contributed by atoms with Crippen molar-refractivity contribution in [3.05, 3.63) is 35.9 Å². The van der Waals surface area contributed by atoms with E-state index in [1.807, 2.05) is 18.2 Å². The van der Waals surface area contributed by atoms with Gasteiger partial charge >= 0.3 is 5.97 Å². The van der Waals surface area contributed by atoms with Crippen LogP contribution in [0.1, 0.15) is 32.3 Å². The first kappa shape index (κ1) is 13.1. The second-order valence-electron chi connectivity index (χ2n) is 5.75. The minimum absolute atomic E-state index is 0.0851. The Morgan fingerprint density at radius 2 is 2.06 bits per heavy atom. The molecule has 98 valence electrons. The highest BCUT2D eigenvalue weighted by molar-refractivity contribution is 5.70. The number of carbonyl (C=O) groups is 1. The molecule has 1 heterocycles. The summed E-state index contributed by atoms with van der Waals surface area (Å²) in [4.78, 5) is 13.4. The summed E-state index contributed by atoms with van der Waals surface area (Å²) in [6.07, 6.45) is 1.73. The van der Waals surface area contributed by atoms with E-state index in [9.17, 15) is 4.79 Å². The largest absolute Gasteiger partial charge is 0.481 e. The normalized spacial score (nSPS) is 23.8. The predicted octanol–water partition coefficient (Wildman–Crippen LogP) is 2.76. The topological polar surface area (TPSA) is 40.5 Å². The molecule has 3 nitrogen and oxygen atoms in total. The van der Waals surface area contributed by atoms with E-state index in [4.69, 9.17) is 5.11 Å². The van der Waals surface area contributed by atoms with Gasteiger partial charge in [0.15, 0.2) is 0 Å². The predicted molar refractivity (Wildman–Crippen MR) is 71.3 cm³/mol. The summed E-state index contributed by atoms with van der Waals surface area (Å²) in [5.74, 6) is -0.884. The van der Waals surface area contributed by atoms with E-state index in [1.54, 1.807) is 0 Å². The Bertz CT molecular complexity index is 414. The number of likely N-dealkylation sites (tertiary alicyclic amines) is 1. The monoisotopic (exact) mass is 247 g/mol. The number of hydrogen-bond donors (Lipinski definition) is 1. The standard InChI is InChI=1S/C15H21NO2/c1-15(2)9-8-13(14(17)18)11-16(15)10-12-6-4-3-5-7-12/h3-7,13H,8-11H2,1-2H3,(H,17,18)/t13-/m0/s1. The molecular formula is C15H21NO2. The van der Waals surface area contributed by atoms with Crippen LogP contribution < -0.4 is 0 Å². The molecule has 2 rings (SSSR count). The highest BCUT2D eigenvalue weighted by Gasteiger charge is 2.36. The molecular weight excluding hydrogens is 226 g/mol. The van der Waals surface area contributed by atoms with Crippen LogP contribution in [-0.2, 0) is 11.3 Å². The molecule has 1 atom stereocenters. The van der Waals surface area contributed by atoms with Crippen molar-refractivity contribution in [1.82, 2.24) is 4.90 Å². The Kier molecular flexibility index (Phi) is 3.71. The van der Waals surface area contributed by atoms with Gasteiger partial charge in [-0.2, -0.15) is 0 Å². The molecule has 0 aromatic heterocycles. The molecule has 1 N–H and O–H groups in total. The van der Waals surface area contributed by atoms with Gasteiger partial charge < -0.3 is 5.11 Å². The third kappa shape index (κ3) is 2.91. The number of nitrogens with zero attached hydrogens (tertiary/aromatic N) is 1. The zero-order chi connectivity index (χ0) is 13.2. The fourth-order valence-electron chi connectivity index (χ4n) is 2.57. The number of benzene rings is 1. The minimum atomic E-state index is -0.663. The molecule has 0 bridgehead atoms. The van der Waals surface area contributed by atoms with Crippen LogP contribution in [-0.4, -0.2) is 28.1 Å². The SMILES string of the molecule is CC1(C)CC[C@H](C(=O)O)CN1Cc1ccccc1. The molecule has 1 aromatic rings. The Morgan fingerprint density at radius 1 is 1.39 bits per heavy atom. The molecule has 0 spiro atoms. The maximum atomic E-state index is 11.1. The van der Waals surface area contributed by atoms with Gasteiger partial charge in [-0.1, -0.05) is 30.3 Å². The molecule has 1 saturated heterocycles. The Morgan fingerprint density at radius 3 is 2.67 bits per heavy atom. The Hall–Kier alpha value is -1.35. The molecule has 1 aliphatic rings. The smallest absolute Gasteiger partial charge is 0.307 e.